The fourth-order valence-corrected chi connectivity index (χ4v) is 2.13. The number of methoxy groups -OCH3 is 1. The minimum absolute atomic E-state index is 0.118. The van der Waals surface area contributed by atoms with E-state index in [9.17, 15) is 4.79 Å². The second-order valence-corrected chi connectivity index (χ2v) is 4.96. The second-order valence-electron chi connectivity index (χ2n) is 4.58. The molecule has 0 aliphatic rings. The number of hydrogen-bond donors (Lipinski definition) is 0. The molecule has 1 aromatic carbocycles. The fourth-order valence-electron chi connectivity index (χ4n) is 1.75. The monoisotopic (exact) mass is 254 g/mol. The molecule has 0 fully saturated rings. The van der Waals surface area contributed by atoms with Crippen molar-refractivity contribution >= 4 is 17.9 Å². The maximum atomic E-state index is 10.6. The third-order valence-corrected chi connectivity index (χ3v) is 3.36. The number of carbonyl (C=O) groups excluding carboxylic acids is 1. The maximum absolute atomic E-state index is 10.6. The van der Waals surface area contributed by atoms with Crippen molar-refractivity contribution < 1.29 is 9.53 Å². The minimum atomic E-state index is 0.118. The largest absolute Gasteiger partial charge is 0.495 e. The predicted molar refractivity (Wildman–Crippen MR) is 71.2 cm³/mol. The van der Waals surface area contributed by atoms with Gasteiger partial charge in [0.25, 0.3) is 0 Å². The molecule has 0 amide bonds. The molecule has 1 atom stereocenters. The van der Waals surface area contributed by atoms with Crippen LogP contribution in [0, 0.1) is 0 Å². The van der Waals surface area contributed by atoms with Gasteiger partial charge in [0.15, 0.2) is 0 Å². The molecule has 94 valence electrons. The minimum Gasteiger partial charge on any atom is -0.495 e. The summed E-state index contributed by atoms with van der Waals surface area (Å²) in [7, 11) is 1.61. The average molecular weight is 255 g/mol. The lowest BCUT2D eigenvalue weighted by molar-refractivity contribution is -0.108. The molecule has 0 radical (unpaired) electrons. The first-order valence-corrected chi connectivity index (χ1v) is 6.20. The standard InChI is InChI=1S/C14H19ClO2/c1-9(2)11-7-12(10(3)5-6-16)14(15)13(8-11)17-4/h6-10H,5H2,1-4H3. The first-order chi connectivity index (χ1) is 8.01. The normalized spacial score (nSPS) is 12.6. The highest BCUT2D eigenvalue weighted by Gasteiger charge is 2.16. The summed E-state index contributed by atoms with van der Waals surface area (Å²) in [5.74, 6) is 1.21. The maximum Gasteiger partial charge on any atom is 0.138 e. The molecule has 0 aliphatic carbocycles. The average Bonchev–Trinajstić information content (AvgIpc) is 2.29. The van der Waals surface area contributed by atoms with Crippen LogP contribution in [0.3, 0.4) is 0 Å². The summed E-state index contributed by atoms with van der Waals surface area (Å²) in [6.45, 7) is 6.24. The van der Waals surface area contributed by atoms with E-state index in [0.717, 1.165) is 11.8 Å². The van der Waals surface area contributed by atoms with Crippen LogP contribution in [0.2, 0.25) is 5.02 Å². The molecular weight excluding hydrogens is 236 g/mol. The molecule has 0 aliphatic heterocycles. The van der Waals surface area contributed by atoms with Gasteiger partial charge in [0.05, 0.1) is 12.1 Å². The Morgan fingerprint density at radius 1 is 1.35 bits per heavy atom. The molecule has 0 saturated heterocycles. The van der Waals surface area contributed by atoms with E-state index in [-0.39, 0.29) is 5.92 Å². The molecule has 0 spiro atoms. The number of benzene rings is 1. The van der Waals surface area contributed by atoms with Crippen molar-refractivity contribution in [1.29, 1.82) is 0 Å². The van der Waals surface area contributed by atoms with Gasteiger partial charge in [-0.2, -0.15) is 0 Å². The molecule has 0 heterocycles. The van der Waals surface area contributed by atoms with Gasteiger partial charge in [0.1, 0.15) is 12.0 Å². The Bertz CT molecular complexity index is 399. The molecule has 0 bridgehead atoms. The lowest BCUT2D eigenvalue weighted by atomic mass is 9.93. The van der Waals surface area contributed by atoms with Crippen LogP contribution in [0.5, 0.6) is 5.75 Å². The Morgan fingerprint density at radius 2 is 2.00 bits per heavy atom. The summed E-state index contributed by atoms with van der Waals surface area (Å²) in [5, 5.41) is 0.617. The highest BCUT2D eigenvalue weighted by Crippen LogP contribution is 2.37. The molecule has 1 rings (SSSR count). The third-order valence-electron chi connectivity index (χ3n) is 2.96. The SMILES string of the molecule is COc1cc(C(C)C)cc(C(C)CC=O)c1Cl. The van der Waals surface area contributed by atoms with E-state index in [0.29, 0.717) is 23.1 Å². The number of carbonyl (C=O) groups is 1. The number of aldehydes is 1. The number of hydrogen-bond acceptors (Lipinski definition) is 2. The lowest BCUT2D eigenvalue weighted by Gasteiger charge is -2.17. The van der Waals surface area contributed by atoms with Crippen LogP contribution >= 0.6 is 11.6 Å². The predicted octanol–water partition coefficient (Wildman–Crippen LogP) is 4.16. The number of halogens is 1. The molecule has 0 N–H and O–H groups in total. The highest BCUT2D eigenvalue weighted by molar-refractivity contribution is 6.33. The van der Waals surface area contributed by atoms with Crippen molar-refractivity contribution in [3.05, 3.63) is 28.3 Å². The van der Waals surface area contributed by atoms with E-state index in [1.165, 1.54) is 5.56 Å². The van der Waals surface area contributed by atoms with E-state index >= 15 is 0 Å². The zero-order valence-electron chi connectivity index (χ0n) is 10.8. The van der Waals surface area contributed by atoms with Crippen molar-refractivity contribution in [3.63, 3.8) is 0 Å². The molecule has 17 heavy (non-hydrogen) atoms. The van der Waals surface area contributed by atoms with Crippen LogP contribution in [0.4, 0.5) is 0 Å². The molecule has 0 saturated carbocycles. The topological polar surface area (TPSA) is 26.3 Å². The summed E-state index contributed by atoms with van der Waals surface area (Å²) < 4.78 is 5.28. The van der Waals surface area contributed by atoms with Gasteiger partial charge in [-0.1, -0.05) is 38.4 Å². The number of ether oxygens (including phenoxy) is 1. The van der Waals surface area contributed by atoms with Gasteiger partial charge in [-0.25, -0.2) is 0 Å². The zero-order chi connectivity index (χ0) is 13.0. The van der Waals surface area contributed by atoms with Gasteiger partial charge < -0.3 is 9.53 Å². The van der Waals surface area contributed by atoms with Crippen LogP contribution < -0.4 is 4.74 Å². The van der Waals surface area contributed by atoms with Crippen molar-refractivity contribution in [2.45, 2.75) is 39.0 Å². The van der Waals surface area contributed by atoms with Gasteiger partial charge in [-0.05, 0) is 29.0 Å². The van der Waals surface area contributed by atoms with E-state index in [2.05, 4.69) is 19.9 Å². The second kappa shape index (κ2) is 6.06. The van der Waals surface area contributed by atoms with E-state index in [1.54, 1.807) is 7.11 Å². The highest BCUT2D eigenvalue weighted by atomic mass is 35.5. The van der Waals surface area contributed by atoms with Gasteiger partial charge in [-0.15, -0.1) is 0 Å². The molecule has 1 aromatic rings. The van der Waals surface area contributed by atoms with Crippen molar-refractivity contribution in [3.8, 4) is 5.75 Å². The summed E-state index contributed by atoms with van der Waals surface area (Å²) in [6.07, 6.45) is 1.40. The summed E-state index contributed by atoms with van der Waals surface area (Å²) in [6, 6.07) is 4.04. The molecule has 3 heteroatoms. The van der Waals surface area contributed by atoms with Crippen LogP contribution in [0.15, 0.2) is 12.1 Å². The van der Waals surface area contributed by atoms with Crippen molar-refractivity contribution in [1.82, 2.24) is 0 Å². The fraction of sp³-hybridized carbons (Fsp3) is 0.500. The smallest absolute Gasteiger partial charge is 0.138 e. The summed E-state index contributed by atoms with van der Waals surface area (Å²) >= 11 is 6.28. The quantitative estimate of drug-likeness (QED) is 0.738. The Labute approximate surface area is 108 Å². The van der Waals surface area contributed by atoms with Crippen LogP contribution in [-0.4, -0.2) is 13.4 Å². The van der Waals surface area contributed by atoms with E-state index in [1.807, 2.05) is 13.0 Å². The van der Waals surface area contributed by atoms with Gasteiger partial charge in [-0.3, -0.25) is 0 Å². The van der Waals surface area contributed by atoms with Gasteiger partial charge in [0.2, 0.25) is 0 Å². The molecule has 2 nitrogen and oxygen atoms in total. The molecular formula is C14H19ClO2. The molecule has 0 aromatic heterocycles. The number of rotatable bonds is 5. The van der Waals surface area contributed by atoms with E-state index < -0.39 is 0 Å². The van der Waals surface area contributed by atoms with Crippen molar-refractivity contribution in [2.24, 2.45) is 0 Å². The van der Waals surface area contributed by atoms with Gasteiger partial charge in [0, 0.05) is 6.42 Å². The first-order valence-electron chi connectivity index (χ1n) is 5.82. The molecule has 1 unspecified atom stereocenters. The first kappa shape index (κ1) is 14.0. The zero-order valence-corrected chi connectivity index (χ0v) is 11.5. The lowest BCUT2D eigenvalue weighted by Crippen LogP contribution is -2.00. The van der Waals surface area contributed by atoms with Crippen molar-refractivity contribution in [2.75, 3.05) is 7.11 Å². The Balaban J connectivity index is 3.26. The summed E-state index contributed by atoms with van der Waals surface area (Å²) in [4.78, 5) is 10.6. The van der Waals surface area contributed by atoms with Gasteiger partial charge >= 0.3 is 0 Å². The Hall–Kier alpha value is -1.02. The summed E-state index contributed by atoms with van der Waals surface area (Å²) in [5.41, 5.74) is 2.17. The Kier molecular flexibility index (Phi) is 5.01. The van der Waals surface area contributed by atoms with Crippen LogP contribution in [-0.2, 0) is 4.79 Å². The van der Waals surface area contributed by atoms with Crippen LogP contribution in [0.25, 0.3) is 0 Å². The Morgan fingerprint density at radius 3 is 2.47 bits per heavy atom. The third kappa shape index (κ3) is 3.22. The van der Waals surface area contributed by atoms with Crippen LogP contribution in [0.1, 0.15) is 50.2 Å². The van der Waals surface area contributed by atoms with E-state index in [4.69, 9.17) is 16.3 Å².